The molecular formula is C14H24BrN3. The molecule has 0 saturated heterocycles. The van der Waals surface area contributed by atoms with E-state index >= 15 is 0 Å². The van der Waals surface area contributed by atoms with Gasteiger partial charge in [-0.15, -0.1) is 0 Å². The van der Waals surface area contributed by atoms with Crippen LogP contribution in [0.15, 0.2) is 22.8 Å². The van der Waals surface area contributed by atoms with E-state index in [9.17, 15) is 0 Å². The lowest BCUT2D eigenvalue weighted by Gasteiger charge is -2.40. The van der Waals surface area contributed by atoms with Crippen LogP contribution in [0.3, 0.4) is 0 Å². The Morgan fingerprint density at radius 2 is 2.06 bits per heavy atom. The van der Waals surface area contributed by atoms with Gasteiger partial charge < -0.3 is 10.2 Å². The van der Waals surface area contributed by atoms with Crippen molar-refractivity contribution in [3.63, 3.8) is 0 Å². The zero-order chi connectivity index (χ0) is 13.8. The van der Waals surface area contributed by atoms with Gasteiger partial charge in [0.1, 0.15) is 0 Å². The first-order valence-electron chi connectivity index (χ1n) is 6.39. The lowest BCUT2D eigenvalue weighted by atomic mass is 9.89. The van der Waals surface area contributed by atoms with E-state index in [0.29, 0.717) is 6.04 Å². The van der Waals surface area contributed by atoms with Gasteiger partial charge in [0.25, 0.3) is 0 Å². The molecule has 1 N–H and O–H groups in total. The molecule has 0 bridgehead atoms. The van der Waals surface area contributed by atoms with Crippen molar-refractivity contribution in [3.05, 3.63) is 28.5 Å². The van der Waals surface area contributed by atoms with Gasteiger partial charge in [-0.05, 0) is 62.6 Å². The first kappa shape index (κ1) is 15.6. The smallest absolute Gasteiger partial charge is 0.0420 e. The van der Waals surface area contributed by atoms with E-state index in [0.717, 1.165) is 23.1 Å². The highest BCUT2D eigenvalue weighted by Crippen LogP contribution is 2.19. The number of hydrogen-bond acceptors (Lipinski definition) is 3. The Morgan fingerprint density at radius 3 is 2.50 bits per heavy atom. The minimum Gasteiger partial charge on any atom is -0.312 e. The number of hydrogen-bond donors (Lipinski definition) is 1. The fraction of sp³-hybridized carbons (Fsp3) is 0.643. The molecule has 18 heavy (non-hydrogen) atoms. The van der Waals surface area contributed by atoms with Gasteiger partial charge in [-0.25, -0.2) is 0 Å². The van der Waals surface area contributed by atoms with Crippen molar-refractivity contribution in [2.75, 3.05) is 20.6 Å². The summed E-state index contributed by atoms with van der Waals surface area (Å²) in [6.45, 7) is 7.64. The van der Waals surface area contributed by atoms with Crippen LogP contribution in [-0.4, -0.2) is 42.1 Å². The number of halogens is 1. The molecule has 1 unspecified atom stereocenters. The third-order valence-electron chi connectivity index (χ3n) is 3.66. The third-order valence-corrected chi connectivity index (χ3v) is 4.13. The summed E-state index contributed by atoms with van der Waals surface area (Å²) in [6.07, 6.45) is 2.80. The highest BCUT2D eigenvalue weighted by Gasteiger charge is 2.31. The second kappa shape index (κ2) is 6.64. The van der Waals surface area contributed by atoms with E-state index in [1.165, 1.54) is 0 Å². The maximum Gasteiger partial charge on any atom is 0.0420 e. The zero-order valence-electron chi connectivity index (χ0n) is 12.0. The zero-order valence-corrected chi connectivity index (χ0v) is 13.6. The van der Waals surface area contributed by atoms with Crippen LogP contribution in [0.1, 0.15) is 26.5 Å². The van der Waals surface area contributed by atoms with E-state index < -0.39 is 0 Å². The normalized spacial score (nSPS) is 13.9. The minimum atomic E-state index is 0.0881. The lowest BCUT2D eigenvalue weighted by Crippen LogP contribution is -2.56. The van der Waals surface area contributed by atoms with Crippen LogP contribution in [0.2, 0.25) is 0 Å². The van der Waals surface area contributed by atoms with Crippen molar-refractivity contribution >= 4 is 15.9 Å². The molecule has 1 aromatic heterocycles. The average molecular weight is 314 g/mol. The van der Waals surface area contributed by atoms with Crippen molar-refractivity contribution in [1.29, 1.82) is 0 Å². The van der Waals surface area contributed by atoms with Crippen LogP contribution in [0.25, 0.3) is 0 Å². The number of rotatable bonds is 6. The molecule has 102 valence electrons. The second-order valence-corrected chi connectivity index (χ2v) is 6.25. The Kier molecular flexibility index (Phi) is 5.76. The van der Waals surface area contributed by atoms with Crippen LogP contribution in [0, 0.1) is 0 Å². The van der Waals surface area contributed by atoms with Gasteiger partial charge in [0.2, 0.25) is 0 Å². The summed E-state index contributed by atoms with van der Waals surface area (Å²) >= 11 is 3.42. The van der Waals surface area contributed by atoms with Gasteiger partial charge in [-0.2, -0.15) is 0 Å². The standard InChI is InChI=1S/C14H24BrN3/c1-6-16-13(14(2,3)18(4)5)9-12-8-7-11(15)10-17-12/h7-8,10,13,16H,6,9H2,1-5H3. The summed E-state index contributed by atoms with van der Waals surface area (Å²) in [6, 6.07) is 4.51. The first-order chi connectivity index (χ1) is 8.37. The molecule has 0 fully saturated rings. The fourth-order valence-electron chi connectivity index (χ4n) is 1.87. The summed E-state index contributed by atoms with van der Waals surface area (Å²) < 4.78 is 1.03. The van der Waals surface area contributed by atoms with Crippen molar-refractivity contribution in [2.45, 2.75) is 38.8 Å². The van der Waals surface area contributed by atoms with Crippen LogP contribution in [-0.2, 0) is 6.42 Å². The predicted octanol–water partition coefficient (Wildman–Crippen LogP) is 2.70. The second-order valence-electron chi connectivity index (χ2n) is 5.33. The van der Waals surface area contributed by atoms with Crippen molar-refractivity contribution in [2.24, 2.45) is 0 Å². The van der Waals surface area contributed by atoms with Crippen LogP contribution < -0.4 is 5.32 Å². The van der Waals surface area contributed by atoms with E-state index in [4.69, 9.17) is 0 Å². The van der Waals surface area contributed by atoms with Crippen molar-refractivity contribution < 1.29 is 0 Å². The number of aromatic nitrogens is 1. The van der Waals surface area contributed by atoms with Gasteiger partial charge in [0.15, 0.2) is 0 Å². The highest BCUT2D eigenvalue weighted by molar-refractivity contribution is 9.10. The number of pyridine rings is 1. The first-order valence-corrected chi connectivity index (χ1v) is 7.18. The van der Waals surface area contributed by atoms with Gasteiger partial charge >= 0.3 is 0 Å². The Morgan fingerprint density at radius 1 is 1.39 bits per heavy atom. The Labute approximate surface area is 119 Å². The largest absolute Gasteiger partial charge is 0.312 e. The summed E-state index contributed by atoms with van der Waals surface area (Å²) in [4.78, 5) is 6.73. The van der Waals surface area contributed by atoms with Gasteiger partial charge in [0.05, 0.1) is 0 Å². The molecule has 0 spiro atoms. The molecule has 0 aliphatic heterocycles. The molecule has 1 atom stereocenters. The molecule has 0 aromatic carbocycles. The monoisotopic (exact) mass is 313 g/mol. The van der Waals surface area contributed by atoms with Gasteiger partial charge in [-0.3, -0.25) is 4.98 Å². The van der Waals surface area contributed by atoms with Crippen molar-refractivity contribution in [3.8, 4) is 0 Å². The summed E-state index contributed by atoms with van der Waals surface area (Å²) in [5, 5.41) is 3.57. The highest BCUT2D eigenvalue weighted by atomic mass is 79.9. The summed E-state index contributed by atoms with van der Waals surface area (Å²) in [5.41, 5.74) is 1.21. The molecule has 0 aliphatic rings. The Balaban J connectivity index is 2.83. The molecule has 1 aromatic rings. The molecule has 1 rings (SSSR count). The number of likely N-dealkylation sites (N-methyl/N-ethyl adjacent to an activating group) is 2. The maximum absolute atomic E-state index is 4.47. The number of nitrogens with zero attached hydrogens (tertiary/aromatic N) is 2. The predicted molar refractivity (Wildman–Crippen MR) is 80.9 cm³/mol. The summed E-state index contributed by atoms with van der Waals surface area (Å²) in [7, 11) is 4.25. The fourth-order valence-corrected chi connectivity index (χ4v) is 2.10. The average Bonchev–Trinajstić information content (AvgIpc) is 2.31. The van der Waals surface area contributed by atoms with Gasteiger partial charge in [-0.1, -0.05) is 6.92 Å². The van der Waals surface area contributed by atoms with Crippen LogP contribution in [0.5, 0.6) is 0 Å². The quantitative estimate of drug-likeness (QED) is 0.875. The van der Waals surface area contributed by atoms with E-state index in [-0.39, 0.29) is 5.54 Å². The van der Waals surface area contributed by atoms with Gasteiger partial charge in [0, 0.05) is 34.4 Å². The Bertz CT molecular complexity index is 360. The maximum atomic E-state index is 4.47. The SMILES string of the molecule is CCNC(Cc1ccc(Br)cn1)C(C)(C)N(C)C. The number of nitrogens with one attached hydrogen (secondary N) is 1. The molecular weight excluding hydrogens is 290 g/mol. The Hall–Kier alpha value is -0.450. The van der Waals surface area contributed by atoms with Crippen LogP contribution in [0.4, 0.5) is 0 Å². The lowest BCUT2D eigenvalue weighted by molar-refractivity contribution is 0.137. The molecule has 1 heterocycles. The van der Waals surface area contributed by atoms with E-state index in [1.807, 2.05) is 12.3 Å². The molecule has 3 nitrogen and oxygen atoms in total. The molecule has 4 heteroatoms. The molecule has 0 amide bonds. The summed E-state index contributed by atoms with van der Waals surface area (Å²) in [5.74, 6) is 0. The van der Waals surface area contributed by atoms with E-state index in [1.54, 1.807) is 0 Å². The van der Waals surface area contributed by atoms with E-state index in [2.05, 4.69) is 72.1 Å². The molecule has 0 saturated carbocycles. The molecule has 0 radical (unpaired) electrons. The topological polar surface area (TPSA) is 28.2 Å². The van der Waals surface area contributed by atoms with Crippen LogP contribution >= 0.6 is 15.9 Å². The molecule has 0 aliphatic carbocycles. The third kappa shape index (κ3) is 4.04. The minimum absolute atomic E-state index is 0.0881. The van der Waals surface area contributed by atoms with Crippen molar-refractivity contribution in [1.82, 2.24) is 15.2 Å².